The number of ether oxygens (including phenoxy) is 1. The van der Waals surface area contributed by atoms with Gasteiger partial charge in [-0.05, 0) is 57.8 Å². The summed E-state index contributed by atoms with van der Waals surface area (Å²) in [5.74, 6) is 0.320. The largest absolute Gasteiger partial charge is 2.00 e. The number of aliphatic hydroxyl groups excluding tert-OH is 1. The fourth-order valence-corrected chi connectivity index (χ4v) is 2.61. The molecule has 2 atom stereocenters. The molecule has 0 aromatic heterocycles. The molecule has 1 aliphatic heterocycles. The first-order valence-electron chi connectivity index (χ1n) is 7.57. The van der Waals surface area contributed by atoms with E-state index in [0.717, 1.165) is 5.92 Å². The van der Waals surface area contributed by atoms with E-state index >= 15 is 0 Å². The Morgan fingerprint density at radius 2 is 1.71 bits per heavy atom. The number of carbonyl (C=O) groups excluding carboxylic acids is 2. The summed E-state index contributed by atoms with van der Waals surface area (Å²) in [4.78, 5) is 24.5. The van der Waals surface area contributed by atoms with E-state index in [9.17, 15) is 14.7 Å². The fraction of sp³-hybridized carbons (Fsp3) is 0.333. The molecule has 0 spiro atoms. The minimum absolute atomic E-state index is 0. The van der Waals surface area contributed by atoms with Gasteiger partial charge in [0.05, 0.1) is 13.5 Å². The predicted octanol–water partition coefficient (Wildman–Crippen LogP) is 0.936. The minimum Gasteiger partial charge on any atom is -0.469 e. The maximum absolute atomic E-state index is 11.8. The van der Waals surface area contributed by atoms with Gasteiger partial charge in [-0.15, -0.1) is 0 Å². The summed E-state index contributed by atoms with van der Waals surface area (Å²) in [7, 11) is 1.32. The van der Waals surface area contributed by atoms with Crippen molar-refractivity contribution in [2.24, 2.45) is 0 Å². The molecule has 1 N–H and O–H groups in total. The van der Waals surface area contributed by atoms with E-state index in [-0.39, 0.29) is 48.0 Å². The second-order valence-corrected chi connectivity index (χ2v) is 5.31. The molecule has 24 heavy (non-hydrogen) atoms. The average Bonchev–Trinajstić information content (AvgIpc) is 3.30. The van der Waals surface area contributed by atoms with Crippen molar-refractivity contribution >= 4 is 11.9 Å². The maximum atomic E-state index is 11.8. The standard InChI is InChI=1S/C13H16NO4.C5H5.Fe/c1-18-12(16)6-7-14-10(8-11(15)13(14)17)9-4-2-3-5-9;1-2-4-5-3-1;/h2-5,10-11,15H,6-8H2,1H3;1-5H;/q;;+2/t10-,11-;;/m0../s1. The van der Waals surface area contributed by atoms with E-state index < -0.39 is 6.10 Å². The van der Waals surface area contributed by atoms with Crippen molar-refractivity contribution in [3.05, 3.63) is 63.7 Å². The van der Waals surface area contributed by atoms with Crippen LogP contribution in [-0.2, 0) is 31.4 Å². The third-order valence-electron chi connectivity index (χ3n) is 3.80. The van der Waals surface area contributed by atoms with Crippen LogP contribution < -0.4 is 0 Å². The fourth-order valence-electron chi connectivity index (χ4n) is 2.61. The number of nitrogens with zero attached hydrogens (tertiary/aromatic N) is 1. The van der Waals surface area contributed by atoms with E-state index in [0.29, 0.717) is 6.42 Å². The molecule has 3 fully saturated rings. The smallest absolute Gasteiger partial charge is 0.469 e. The molecule has 10 radical (unpaired) electrons. The van der Waals surface area contributed by atoms with Crippen LogP contribution in [0, 0.1) is 63.7 Å². The molecule has 1 heterocycles. The molecule has 2 saturated carbocycles. The van der Waals surface area contributed by atoms with Crippen molar-refractivity contribution in [2.75, 3.05) is 13.7 Å². The molecule has 6 heteroatoms. The Balaban J connectivity index is 0.000000412. The molecule has 0 unspecified atom stereocenters. The summed E-state index contributed by atoms with van der Waals surface area (Å²) in [5, 5.41) is 9.65. The number of rotatable bonds is 4. The zero-order chi connectivity index (χ0) is 16.7. The van der Waals surface area contributed by atoms with Gasteiger partial charge in [0, 0.05) is 24.9 Å². The summed E-state index contributed by atoms with van der Waals surface area (Å²) >= 11 is 0. The third-order valence-corrected chi connectivity index (χ3v) is 3.80. The van der Waals surface area contributed by atoms with E-state index in [1.165, 1.54) is 7.11 Å². The van der Waals surface area contributed by atoms with Crippen LogP contribution in [0.5, 0.6) is 0 Å². The second kappa shape index (κ2) is 11.1. The van der Waals surface area contributed by atoms with Crippen LogP contribution in [0.4, 0.5) is 0 Å². The Morgan fingerprint density at radius 1 is 1.17 bits per heavy atom. The van der Waals surface area contributed by atoms with E-state index in [1.807, 2.05) is 57.8 Å². The van der Waals surface area contributed by atoms with Gasteiger partial charge in [-0.2, -0.15) is 0 Å². The van der Waals surface area contributed by atoms with Gasteiger partial charge in [-0.3, -0.25) is 9.59 Å². The van der Waals surface area contributed by atoms with Gasteiger partial charge in [0.15, 0.2) is 0 Å². The molecule has 2 aliphatic carbocycles. The van der Waals surface area contributed by atoms with E-state index in [1.54, 1.807) is 4.90 Å². The Morgan fingerprint density at radius 3 is 2.21 bits per heavy atom. The van der Waals surface area contributed by atoms with Gasteiger partial charge in [-0.25, -0.2) is 0 Å². The number of aliphatic hydroxyl groups is 1. The minimum atomic E-state index is -0.970. The molecular formula is C18H21FeNO4+2. The third kappa shape index (κ3) is 6.05. The van der Waals surface area contributed by atoms with Crippen LogP contribution >= 0.6 is 0 Å². The summed E-state index contributed by atoms with van der Waals surface area (Å²) in [6, 6.07) is -0.146. The van der Waals surface area contributed by atoms with Crippen LogP contribution in [0.3, 0.4) is 0 Å². The predicted molar refractivity (Wildman–Crippen MR) is 84.7 cm³/mol. The summed E-state index contributed by atoms with van der Waals surface area (Å²) in [6.07, 6.45) is 17.2. The summed E-state index contributed by atoms with van der Waals surface area (Å²) in [6.45, 7) is 0.276. The molecule has 3 rings (SSSR count). The van der Waals surface area contributed by atoms with Crippen molar-refractivity contribution in [2.45, 2.75) is 25.0 Å². The molecule has 0 bridgehead atoms. The van der Waals surface area contributed by atoms with Gasteiger partial charge in [0.1, 0.15) is 6.10 Å². The average molecular weight is 371 g/mol. The first-order chi connectivity index (χ1) is 11.1. The van der Waals surface area contributed by atoms with Gasteiger partial charge in [-0.1, -0.05) is 0 Å². The molecule has 1 saturated heterocycles. The van der Waals surface area contributed by atoms with Crippen LogP contribution in [0.25, 0.3) is 0 Å². The van der Waals surface area contributed by atoms with E-state index in [2.05, 4.69) is 4.74 Å². The first kappa shape index (κ1) is 21.5. The normalized spacial score (nSPS) is 26.8. The van der Waals surface area contributed by atoms with E-state index in [4.69, 9.17) is 0 Å². The van der Waals surface area contributed by atoms with Gasteiger partial charge in [0.2, 0.25) is 0 Å². The number of methoxy groups -OCH3 is 1. The number of likely N-dealkylation sites (tertiary alicyclic amines) is 1. The van der Waals surface area contributed by atoms with Crippen LogP contribution in [-0.4, -0.2) is 47.7 Å². The molecular weight excluding hydrogens is 350 g/mol. The quantitative estimate of drug-likeness (QED) is 0.590. The van der Waals surface area contributed by atoms with Crippen molar-refractivity contribution < 1.29 is 36.5 Å². The summed E-state index contributed by atoms with van der Waals surface area (Å²) in [5.41, 5.74) is 0. The van der Waals surface area contributed by atoms with Crippen molar-refractivity contribution in [1.29, 1.82) is 0 Å². The van der Waals surface area contributed by atoms with Crippen LogP contribution in [0.2, 0.25) is 0 Å². The van der Waals surface area contributed by atoms with Crippen LogP contribution in [0.15, 0.2) is 0 Å². The van der Waals surface area contributed by atoms with Crippen molar-refractivity contribution in [3.63, 3.8) is 0 Å². The number of esters is 1. The Hall–Kier alpha value is -0.581. The Kier molecular flexibility index (Phi) is 9.94. The zero-order valence-corrected chi connectivity index (χ0v) is 14.5. The Bertz CT molecular complexity index is 387. The molecule has 0 aromatic rings. The Labute approximate surface area is 156 Å². The number of amides is 1. The van der Waals surface area contributed by atoms with Gasteiger partial charge in [0.25, 0.3) is 5.91 Å². The number of hydrogen-bond donors (Lipinski definition) is 1. The SMILES string of the molecule is COC(=O)CCN1C(=O)[C@@H](O)C[C@H]1[C]1[CH][CH][CH][CH]1.[CH]1[CH][CH][CH][CH]1.[Fe+2]. The zero-order valence-electron chi connectivity index (χ0n) is 13.4. The molecule has 1 amide bonds. The summed E-state index contributed by atoms with van der Waals surface area (Å²) < 4.78 is 4.56. The molecule has 3 aliphatic rings. The molecule has 0 aromatic carbocycles. The van der Waals surface area contributed by atoms with Crippen LogP contribution in [0.1, 0.15) is 12.8 Å². The second-order valence-electron chi connectivity index (χ2n) is 5.31. The molecule has 128 valence electrons. The van der Waals surface area contributed by atoms with Crippen molar-refractivity contribution in [3.8, 4) is 0 Å². The van der Waals surface area contributed by atoms with Gasteiger partial charge >= 0.3 is 23.0 Å². The van der Waals surface area contributed by atoms with Gasteiger partial charge < -0.3 is 14.7 Å². The topological polar surface area (TPSA) is 66.8 Å². The number of hydrogen-bond acceptors (Lipinski definition) is 4. The number of carbonyl (C=O) groups is 2. The monoisotopic (exact) mass is 371 g/mol. The first-order valence-corrected chi connectivity index (χ1v) is 7.57. The molecule has 5 nitrogen and oxygen atoms in total. The van der Waals surface area contributed by atoms with Crippen molar-refractivity contribution in [1.82, 2.24) is 4.90 Å². The maximum Gasteiger partial charge on any atom is 2.00 e.